The van der Waals surface area contributed by atoms with Gasteiger partial charge in [0.05, 0.1) is 13.3 Å². The van der Waals surface area contributed by atoms with Gasteiger partial charge in [0, 0.05) is 50.2 Å². The summed E-state index contributed by atoms with van der Waals surface area (Å²) in [5, 5.41) is 3.05. The van der Waals surface area contributed by atoms with Gasteiger partial charge < -0.3 is 20.2 Å². The third kappa shape index (κ3) is 3.65. The predicted molar refractivity (Wildman–Crippen MR) is 112 cm³/mol. The summed E-state index contributed by atoms with van der Waals surface area (Å²) in [7, 11) is 1.53. The maximum Gasteiger partial charge on any atom is 0.273 e. The molecule has 0 bridgehead atoms. The number of carbonyl (C=O) groups is 1. The van der Waals surface area contributed by atoms with Crippen LogP contribution >= 0.6 is 0 Å². The van der Waals surface area contributed by atoms with Crippen molar-refractivity contribution in [3.63, 3.8) is 0 Å². The summed E-state index contributed by atoms with van der Waals surface area (Å²) < 4.78 is 26.8. The van der Waals surface area contributed by atoms with Crippen molar-refractivity contribution in [2.75, 3.05) is 38.8 Å². The lowest BCUT2D eigenvalue weighted by molar-refractivity contribution is 0.0659. The summed E-state index contributed by atoms with van der Waals surface area (Å²) in [5.74, 6) is 1.48. The van der Waals surface area contributed by atoms with Gasteiger partial charge in [0.15, 0.2) is 0 Å². The minimum absolute atomic E-state index is 0.0413. The van der Waals surface area contributed by atoms with Crippen LogP contribution in [0.4, 0.5) is 4.39 Å². The van der Waals surface area contributed by atoms with E-state index in [-0.39, 0.29) is 35.8 Å². The molecule has 0 radical (unpaired) electrons. The molecule has 3 aliphatic rings. The van der Waals surface area contributed by atoms with Crippen molar-refractivity contribution in [1.82, 2.24) is 19.9 Å². The van der Waals surface area contributed by atoms with Gasteiger partial charge in [-0.1, -0.05) is 6.07 Å². The summed E-state index contributed by atoms with van der Waals surface area (Å²) >= 11 is 0. The molecule has 0 aliphatic carbocycles. The minimum Gasteiger partial charge on any atom is -0.497 e. The predicted octanol–water partition coefficient (Wildman–Crippen LogP) is 2.03. The highest BCUT2D eigenvalue weighted by atomic mass is 19.1. The Hall–Kier alpha value is -2.65. The average molecular weight is 429 g/mol. The molecule has 166 valence electrons. The van der Waals surface area contributed by atoms with E-state index < -0.39 is 0 Å². The van der Waals surface area contributed by atoms with Crippen molar-refractivity contribution in [2.45, 2.75) is 43.8 Å². The molecular weight excluding hydrogens is 401 g/mol. The molecule has 3 aliphatic heterocycles. The number of hydrogen-bond acceptors (Lipinski definition) is 6. The number of carbonyl (C=O) groups excluding carboxylic acids is 1. The molecule has 1 aromatic carbocycles. The molecule has 2 N–H and O–H groups in total. The standard InChI is InChI=1S/C22H28FN5O3/c1-13(27-11-15(12-27)17-4-3-16(30-2)9-18(17)23)20-25-22(29)19-10-24-21(28(19)26-20)14-5-7-31-8-6-14/h3-4,9-10,13-15,20,26H,5-8,11-12H2,1-2H3,(H,25,29). The van der Waals surface area contributed by atoms with Crippen LogP contribution in [0.1, 0.15) is 53.5 Å². The van der Waals surface area contributed by atoms with Gasteiger partial charge in [0.25, 0.3) is 5.91 Å². The molecule has 1 amide bonds. The first-order valence-electron chi connectivity index (χ1n) is 10.9. The third-order valence-electron chi connectivity index (χ3n) is 6.78. The van der Waals surface area contributed by atoms with Crippen LogP contribution in [-0.2, 0) is 4.74 Å². The monoisotopic (exact) mass is 429 g/mol. The molecule has 2 atom stereocenters. The summed E-state index contributed by atoms with van der Waals surface area (Å²) in [6, 6.07) is 5.08. The second-order valence-corrected chi connectivity index (χ2v) is 8.58. The summed E-state index contributed by atoms with van der Waals surface area (Å²) in [6.45, 7) is 4.99. The van der Waals surface area contributed by atoms with E-state index in [0.29, 0.717) is 17.0 Å². The average Bonchev–Trinajstić information content (AvgIpc) is 3.19. The Labute approximate surface area is 180 Å². The highest BCUT2D eigenvalue weighted by Gasteiger charge is 2.39. The van der Waals surface area contributed by atoms with Gasteiger partial charge in [-0.2, -0.15) is 0 Å². The molecule has 8 nitrogen and oxygen atoms in total. The number of nitrogens with zero attached hydrogens (tertiary/aromatic N) is 3. The fourth-order valence-corrected chi connectivity index (χ4v) is 4.74. The van der Waals surface area contributed by atoms with Gasteiger partial charge in [-0.15, -0.1) is 0 Å². The first-order valence-corrected chi connectivity index (χ1v) is 10.9. The number of aromatic nitrogens is 2. The second-order valence-electron chi connectivity index (χ2n) is 8.58. The Morgan fingerprint density at radius 3 is 2.74 bits per heavy atom. The van der Waals surface area contributed by atoms with Gasteiger partial charge >= 0.3 is 0 Å². The topological polar surface area (TPSA) is 80.7 Å². The highest BCUT2D eigenvalue weighted by molar-refractivity contribution is 5.93. The van der Waals surface area contributed by atoms with E-state index in [9.17, 15) is 9.18 Å². The van der Waals surface area contributed by atoms with E-state index in [0.717, 1.165) is 45.0 Å². The van der Waals surface area contributed by atoms with Crippen molar-refractivity contribution < 1.29 is 18.7 Å². The van der Waals surface area contributed by atoms with Gasteiger partial charge in [-0.05, 0) is 31.4 Å². The van der Waals surface area contributed by atoms with E-state index in [4.69, 9.17) is 9.47 Å². The van der Waals surface area contributed by atoms with Crippen LogP contribution in [0.15, 0.2) is 24.4 Å². The Balaban J connectivity index is 1.26. The molecule has 31 heavy (non-hydrogen) atoms. The number of halogens is 1. The van der Waals surface area contributed by atoms with E-state index in [1.807, 2.05) is 4.68 Å². The van der Waals surface area contributed by atoms with E-state index >= 15 is 0 Å². The van der Waals surface area contributed by atoms with Crippen molar-refractivity contribution >= 4 is 5.91 Å². The van der Waals surface area contributed by atoms with Crippen LogP contribution < -0.4 is 15.5 Å². The third-order valence-corrected chi connectivity index (χ3v) is 6.78. The number of benzene rings is 1. The van der Waals surface area contributed by atoms with Gasteiger partial charge in [-0.25, -0.2) is 14.1 Å². The minimum atomic E-state index is -0.255. The van der Waals surface area contributed by atoms with Crippen molar-refractivity contribution in [3.8, 4) is 5.75 Å². The van der Waals surface area contributed by atoms with Crippen LogP contribution in [0.3, 0.4) is 0 Å². The fraction of sp³-hybridized carbons (Fsp3) is 0.545. The van der Waals surface area contributed by atoms with Crippen LogP contribution in [0, 0.1) is 5.82 Å². The summed E-state index contributed by atoms with van der Waals surface area (Å²) in [5.41, 5.74) is 4.70. The Bertz CT molecular complexity index is 968. The zero-order chi connectivity index (χ0) is 21.5. The first kappa shape index (κ1) is 20.3. The number of fused-ring (bicyclic) bond motifs is 1. The molecule has 2 unspecified atom stereocenters. The SMILES string of the molecule is COc1ccc(C2CN(C(C)C3NC(=O)c4cnc(C5CCOCC5)n4N3)C2)c(F)c1. The number of nitrogens with one attached hydrogen (secondary N) is 2. The first-order chi connectivity index (χ1) is 15.0. The zero-order valence-electron chi connectivity index (χ0n) is 17.8. The molecule has 9 heteroatoms. The van der Waals surface area contributed by atoms with Crippen LogP contribution in [-0.4, -0.2) is 66.1 Å². The quantitative estimate of drug-likeness (QED) is 0.757. The van der Waals surface area contributed by atoms with E-state index in [2.05, 4.69) is 27.6 Å². The molecule has 1 aromatic heterocycles. The molecule has 0 saturated carbocycles. The highest BCUT2D eigenvalue weighted by Crippen LogP contribution is 2.33. The van der Waals surface area contributed by atoms with Crippen LogP contribution in [0.5, 0.6) is 5.75 Å². The normalized spacial score (nSPS) is 23.5. The molecule has 2 fully saturated rings. The number of methoxy groups -OCH3 is 1. The maximum atomic E-state index is 14.4. The molecule has 5 rings (SSSR count). The number of likely N-dealkylation sites (tertiary alicyclic amines) is 1. The lowest BCUT2D eigenvalue weighted by atomic mass is 9.89. The fourth-order valence-electron chi connectivity index (χ4n) is 4.74. The largest absolute Gasteiger partial charge is 0.497 e. The van der Waals surface area contributed by atoms with Crippen LogP contribution in [0.25, 0.3) is 0 Å². The lowest BCUT2D eigenvalue weighted by Crippen LogP contribution is -2.63. The number of imidazole rings is 1. The van der Waals surface area contributed by atoms with E-state index in [1.165, 1.54) is 13.2 Å². The molecular formula is C22H28FN5O3. The maximum absolute atomic E-state index is 14.4. The smallest absolute Gasteiger partial charge is 0.273 e. The van der Waals surface area contributed by atoms with Gasteiger partial charge in [0.1, 0.15) is 29.3 Å². The molecule has 0 spiro atoms. The molecule has 4 heterocycles. The Morgan fingerprint density at radius 1 is 1.26 bits per heavy atom. The second kappa shape index (κ2) is 8.12. The van der Waals surface area contributed by atoms with E-state index in [1.54, 1.807) is 18.3 Å². The zero-order valence-corrected chi connectivity index (χ0v) is 17.8. The number of rotatable bonds is 5. The van der Waals surface area contributed by atoms with Crippen molar-refractivity contribution in [3.05, 3.63) is 47.3 Å². The molecule has 2 aromatic rings. The summed E-state index contributed by atoms with van der Waals surface area (Å²) in [4.78, 5) is 19.5. The Morgan fingerprint density at radius 2 is 2.03 bits per heavy atom. The summed E-state index contributed by atoms with van der Waals surface area (Å²) in [6.07, 6.45) is 3.19. The number of hydrogen-bond donors (Lipinski definition) is 2. The number of amides is 1. The van der Waals surface area contributed by atoms with Gasteiger partial charge in [-0.3, -0.25) is 9.69 Å². The van der Waals surface area contributed by atoms with Gasteiger partial charge in [0.2, 0.25) is 0 Å². The lowest BCUT2D eigenvalue weighted by Gasteiger charge is -2.47. The Kier molecular flexibility index (Phi) is 5.31. The van der Waals surface area contributed by atoms with Crippen molar-refractivity contribution in [1.29, 1.82) is 0 Å². The van der Waals surface area contributed by atoms with Crippen molar-refractivity contribution in [2.24, 2.45) is 0 Å². The van der Waals surface area contributed by atoms with Crippen LogP contribution in [0.2, 0.25) is 0 Å². The molecule has 2 saturated heterocycles. The number of ether oxygens (including phenoxy) is 2.